The summed E-state index contributed by atoms with van der Waals surface area (Å²) in [4.78, 5) is 28.8. The lowest BCUT2D eigenvalue weighted by Crippen LogP contribution is -2.33. The van der Waals surface area contributed by atoms with Crippen LogP contribution < -0.4 is 15.1 Å². The summed E-state index contributed by atoms with van der Waals surface area (Å²) in [6, 6.07) is 15.4. The van der Waals surface area contributed by atoms with Gasteiger partial charge in [-0.1, -0.05) is 18.2 Å². The Kier molecular flexibility index (Phi) is 7.41. The van der Waals surface area contributed by atoms with Gasteiger partial charge in [0.25, 0.3) is 0 Å². The number of anilines is 3. The van der Waals surface area contributed by atoms with Crippen molar-refractivity contribution in [3.05, 3.63) is 54.1 Å². The second kappa shape index (κ2) is 9.76. The Hall–Kier alpha value is -2.82. The van der Waals surface area contributed by atoms with Crippen LogP contribution in [-0.4, -0.2) is 31.4 Å². The van der Waals surface area contributed by atoms with Crippen LogP contribution in [0.2, 0.25) is 0 Å². The first-order valence-corrected chi connectivity index (χ1v) is 9.50. The van der Waals surface area contributed by atoms with Crippen molar-refractivity contribution in [2.45, 2.75) is 34.1 Å². The number of carbonyl (C=O) groups is 2. The summed E-state index contributed by atoms with van der Waals surface area (Å²) in [6.07, 6.45) is -0.181. The molecule has 5 nitrogen and oxygen atoms in total. The van der Waals surface area contributed by atoms with Gasteiger partial charge in [0.15, 0.2) is 0 Å². The van der Waals surface area contributed by atoms with E-state index in [9.17, 15) is 9.59 Å². The number of nitrogens with one attached hydrogen (secondary N) is 1. The Bertz CT molecular complexity index is 770. The van der Waals surface area contributed by atoms with Crippen LogP contribution in [0.25, 0.3) is 0 Å². The zero-order chi connectivity index (χ0) is 19.8. The van der Waals surface area contributed by atoms with Crippen molar-refractivity contribution in [3.63, 3.8) is 0 Å². The highest BCUT2D eigenvalue weighted by Crippen LogP contribution is 2.23. The van der Waals surface area contributed by atoms with E-state index in [4.69, 9.17) is 0 Å². The van der Waals surface area contributed by atoms with E-state index >= 15 is 0 Å². The maximum absolute atomic E-state index is 12.5. The minimum absolute atomic E-state index is 0.181. The molecule has 2 aromatic rings. The maximum atomic E-state index is 12.5. The van der Waals surface area contributed by atoms with Crippen LogP contribution in [0.5, 0.6) is 0 Å². The van der Waals surface area contributed by atoms with Crippen molar-refractivity contribution in [1.82, 2.24) is 0 Å². The van der Waals surface area contributed by atoms with Crippen molar-refractivity contribution in [2.75, 3.05) is 34.8 Å². The summed E-state index contributed by atoms with van der Waals surface area (Å²) in [5.41, 5.74) is 3.66. The van der Waals surface area contributed by atoms with Gasteiger partial charge in [-0.05, 0) is 63.6 Å². The zero-order valence-electron chi connectivity index (χ0n) is 16.7. The molecule has 5 heteroatoms. The quantitative estimate of drug-likeness (QED) is 0.711. The largest absolute Gasteiger partial charge is 0.372 e. The Labute approximate surface area is 162 Å². The second-order valence-corrected chi connectivity index (χ2v) is 6.37. The fourth-order valence-electron chi connectivity index (χ4n) is 3.11. The van der Waals surface area contributed by atoms with Gasteiger partial charge in [0.05, 0.1) is 0 Å². The number of aryl methyl sites for hydroxylation is 1. The standard InChI is InChI=1S/C22H29N3O2/c1-5-24(6-2)19-13-14-20(17(4)15-19)23-21(26)16-22(27)25(7-3)18-11-9-8-10-12-18/h8-15H,5-7,16H2,1-4H3,(H,23,26). The summed E-state index contributed by atoms with van der Waals surface area (Å²) in [5.74, 6) is -0.508. The molecule has 0 aliphatic rings. The Balaban J connectivity index is 2.03. The first-order chi connectivity index (χ1) is 13.0. The predicted octanol–water partition coefficient (Wildman–Crippen LogP) is 4.22. The molecule has 0 saturated heterocycles. The van der Waals surface area contributed by atoms with Gasteiger partial charge in [-0.15, -0.1) is 0 Å². The number of nitrogens with zero attached hydrogens (tertiary/aromatic N) is 2. The molecule has 0 aromatic heterocycles. The molecule has 0 aliphatic heterocycles. The highest BCUT2D eigenvalue weighted by molar-refractivity contribution is 6.09. The summed E-state index contributed by atoms with van der Waals surface area (Å²) in [6.45, 7) is 10.5. The monoisotopic (exact) mass is 367 g/mol. The van der Waals surface area contributed by atoms with Crippen molar-refractivity contribution in [2.24, 2.45) is 0 Å². The zero-order valence-corrected chi connectivity index (χ0v) is 16.7. The molecule has 144 valence electrons. The van der Waals surface area contributed by atoms with Gasteiger partial charge in [-0.2, -0.15) is 0 Å². The van der Waals surface area contributed by atoms with Crippen LogP contribution >= 0.6 is 0 Å². The average Bonchev–Trinajstić information content (AvgIpc) is 2.66. The number of hydrogen-bond donors (Lipinski definition) is 1. The van der Waals surface area contributed by atoms with Crippen LogP contribution in [0.4, 0.5) is 17.1 Å². The van der Waals surface area contributed by atoms with Gasteiger partial charge in [-0.3, -0.25) is 9.59 Å². The van der Waals surface area contributed by atoms with Gasteiger partial charge >= 0.3 is 0 Å². The van der Waals surface area contributed by atoms with Crippen molar-refractivity contribution in [1.29, 1.82) is 0 Å². The molecular weight excluding hydrogens is 338 g/mol. The summed E-state index contributed by atoms with van der Waals surface area (Å²) >= 11 is 0. The van der Waals surface area contributed by atoms with Crippen LogP contribution in [0, 0.1) is 6.92 Å². The molecule has 0 atom stereocenters. The highest BCUT2D eigenvalue weighted by atomic mass is 16.2. The van der Waals surface area contributed by atoms with Crippen molar-refractivity contribution >= 4 is 28.9 Å². The van der Waals surface area contributed by atoms with Crippen LogP contribution in [0.3, 0.4) is 0 Å². The Morgan fingerprint density at radius 2 is 1.56 bits per heavy atom. The number of para-hydroxylation sites is 1. The SMILES string of the molecule is CCN(CC)c1ccc(NC(=O)CC(=O)N(CC)c2ccccc2)c(C)c1. The number of benzene rings is 2. The lowest BCUT2D eigenvalue weighted by molar-refractivity contribution is -0.125. The first kappa shape index (κ1) is 20.5. The Morgan fingerprint density at radius 1 is 0.889 bits per heavy atom. The molecule has 27 heavy (non-hydrogen) atoms. The normalized spacial score (nSPS) is 10.4. The number of rotatable bonds is 8. The fraction of sp³-hybridized carbons (Fsp3) is 0.364. The summed E-state index contributed by atoms with van der Waals surface area (Å²) < 4.78 is 0. The van der Waals surface area contributed by atoms with Crippen LogP contribution in [-0.2, 0) is 9.59 Å². The van der Waals surface area contributed by atoms with E-state index in [1.54, 1.807) is 4.90 Å². The van der Waals surface area contributed by atoms with Gasteiger partial charge in [0.1, 0.15) is 6.42 Å². The molecule has 2 rings (SSSR count). The lowest BCUT2D eigenvalue weighted by Gasteiger charge is -2.22. The number of amides is 2. The third-order valence-electron chi connectivity index (χ3n) is 4.61. The van der Waals surface area contributed by atoms with E-state index in [-0.39, 0.29) is 18.2 Å². The van der Waals surface area contributed by atoms with Gasteiger partial charge in [-0.25, -0.2) is 0 Å². The molecule has 0 radical (unpaired) electrons. The molecule has 2 aromatic carbocycles. The summed E-state index contributed by atoms with van der Waals surface area (Å²) in [7, 11) is 0. The van der Waals surface area contributed by atoms with E-state index in [0.717, 1.165) is 35.7 Å². The fourth-order valence-corrected chi connectivity index (χ4v) is 3.11. The van der Waals surface area contributed by atoms with Gasteiger partial charge in [0.2, 0.25) is 11.8 Å². The topological polar surface area (TPSA) is 52.7 Å². The van der Waals surface area contributed by atoms with E-state index in [1.807, 2.05) is 56.3 Å². The molecule has 2 amide bonds. The molecule has 0 unspecified atom stereocenters. The van der Waals surface area contributed by atoms with Crippen molar-refractivity contribution in [3.8, 4) is 0 Å². The van der Waals surface area contributed by atoms with Gasteiger partial charge < -0.3 is 15.1 Å². The van der Waals surface area contributed by atoms with E-state index in [2.05, 4.69) is 30.1 Å². The molecule has 0 heterocycles. The number of hydrogen-bond acceptors (Lipinski definition) is 3. The van der Waals surface area contributed by atoms with Crippen LogP contribution in [0.1, 0.15) is 32.8 Å². The molecule has 0 saturated carbocycles. The second-order valence-electron chi connectivity index (χ2n) is 6.37. The smallest absolute Gasteiger partial charge is 0.236 e. The van der Waals surface area contributed by atoms with Gasteiger partial charge in [0, 0.05) is 36.7 Å². The van der Waals surface area contributed by atoms with Crippen molar-refractivity contribution < 1.29 is 9.59 Å². The molecule has 0 fully saturated rings. The first-order valence-electron chi connectivity index (χ1n) is 9.50. The maximum Gasteiger partial charge on any atom is 0.236 e. The predicted molar refractivity (Wildman–Crippen MR) is 112 cm³/mol. The minimum atomic E-state index is -0.298. The van der Waals surface area contributed by atoms with E-state index in [0.29, 0.717) is 6.54 Å². The molecule has 0 aliphatic carbocycles. The molecule has 0 spiro atoms. The molecule has 1 N–H and O–H groups in total. The average molecular weight is 367 g/mol. The number of carbonyl (C=O) groups excluding carboxylic acids is 2. The Morgan fingerprint density at radius 3 is 2.11 bits per heavy atom. The third kappa shape index (κ3) is 5.33. The lowest BCUT2D eigenvalue weighted by atomic mass is 10.1. The van der Waals surface area contributed by atoms with E-state index < -0.39 is 0 Å². The molecule has 0 bridgehead atoms. The minimum Gasteiger partial charge on any atom is -0.372 e. The van der Waals surface area contributed by atoms with E-state index in [1.165, 1.54) is 0 Å². The highest BCUT2D eigenvalue weighted by Gasteiger charge is 2.18. The molecular formula is C22H29N3O2. The third-order valence-corrected chi connectivity index (χ3v) is 4.61. The van der Waals surface area contributed by atoms with Crippen LogP contribution in [0.15, 0.2) is 48.5 Å². The summed E-state index contributed by atoms with van der Waals surface area (Å²) in [5, 5.41) is 2.87.